The first-order valence-corrected chi connectivity index (χ1v) is 38.1. The minimum Gasteiger partial charge on any atom is -0.445 e. The number of aliphatic hydroxyl groups is 1. The summed E-state index contributed by atoms with van der Waals surface area (Å²) in [6, 6.07) is 11.8. The van der Waals surface area contributed by atoms with Crippen molar-refractivity contribution in [1.29, 1.82) is 0 Å². The van der Waals surface area contributed by atoms with Crippen LogP contribution in [0.3, 0.4) is 0 Å². The average molecular weight is 1430 g/mol. The highest BCUT2D eigenvalue weighted by molar-refractivity contribution is 8.01. The number of methoxy groups -OCH3 is 1. The molecule has 2 aromatic rings. The Labute approximate surface area is 606 Å². The van der Waals surface area contributed by atoms with Crippen LogP contribution in [-0.2, 0) is 59.2 Å². The van der Waals surface area contributed by atoms with Crippen LogP contribution in [0.5, 0.6) is 0 Å². The van der Waals surface area contributed by atoms with Crippen molar-refractivity contribution >= 4 is 82.5 Å². The Morgan fingerprint density at radius 2 is 1.42 bits per heavy atom. The van der Waals surface area contributed by atoms with Gasteiger partial charge in [0.2, 0.25) is 41.4 Å². The van der Waals surface area contributed by atoms with Crippen LogP contribution in [0.4, 0.5) is 15.3 Å². The van der Waals surface area contributed by atoms with E-state index in [0.717, 1.165) is 32.1 Å². The number of likely N-dealkylation sites (N-methyl/N-ethyl adjacent to an activating group) is 2. The number of unbranched alkanes of at least 4 members (excludes halogenated alkanes) is 3. The second kappa shape index (κ2) is 43.3. The SMILES string of the molecule is CCCCC(CC)SC1CC(=O)N(CCCCCC(=O)N[C@H](C(=O)CC(CCCNC(N)=O)C(=O)Nc2ccc(COC(=O)N(C)[C@H](C(=O)C[C@H](C(=O)N(C)[C@@H]([C@@H](C)CC)[C@@H](CC(=O)N3CCC[C@H]3C(C)[C@@H](C)C(=O)N[C@H](C)[C@@H](O)c3ccccc3)OC)C(C)C)C(C)C)cc2)C(C)C)C1=O. The monoisotopic (exact) mass is 1430 g/mol. The fraction of sp³-hybridized carbons (Fsp3) is 0.701. The van der Waals surface area contributed by atoms with Crippen LogP contribution in [0.15, 0.2) is 54.6 Å². The Balaban J connectivity index is 1.34. The van der Waals surface area contributed by atoms with E-state index < -0.39 is 72.2 Å². The molecule has 2 aliphatic rings. The van der Waals surface area contributed by atoms with Crippen LogP contribution >= 0.6 is 11.8 Å². The molecule has 14 atom stereocenters. The van der Waals surface area contributed by atoms with E-state index in [1.807, 2.05) is 104 Å². The molecule has 566 valence electrons. The highest BCUT2D eigenvalue weighted by atomic mass is 32.2. The minimum absolute atomic E-state index is 0.0176. The molecule has 2 fully saturated rings. The van der Waals surface area contributed by atoms with Crippen molar-refractivity contribution in [3.05, 3.63) is 65.7 Å². The molecule has 0 aromatic heterocycles. The number of rotatable bonds is 45. The van der Waals surface area contributed by atoms with Gasteiger partial charge >= 0.3 is 12.1 Å². The Kier molecular flexibility index (Phi) is 37.0. The number of ketones is 2. The smallest absolute Gasteiger partial charge is 0.410 e. The Hall–Kier alpha value is -6.92. The molecule has 23 nitrogen and oxygen atoms in total. The molecule has 10 amide bonds. The Bertz CT molecular complexity index is 3010. The second-order valence-electron chi connectivity index (χ2n) is 29.2. The number of thioether (sulfide) groups is 1. The highest BCUT2D eigenvalue weighted by Crippen LogP contribution is 2.35. The predicted molar refractivity (Wildman–Crippen MR) is 395 cm³/mol. The van der Waals surface area contributed by atoms with Gasteiger partial charge in [0.25, 0.3) is 0 Å². The van der Waals surface area contributed by atoms with Gasteiger partial charge < -0.3 is 56.3 Å². The molecule has 2 aliphatic heterocycles. The molecule has 101 heavy (non-hydrogen) atoms. The molecule has 2 heterocycles. The zero-order valence-electron chi connectivity index (χ0n) is 63.4. The lowest BCUT2D eigenvalue weighted by Crippen LogP contribution is -2.54. The zero-order valence-corrected chi connectivity index (χ0v) is 64.2. The predicted octanol–water partition coefficient (Wildman–Crippen LogP) is 10.8. The molecule has 7 N–H and O–H groups in total. The van der Waals surface area contributed by atoms with Crippen molar-refractivity contribution in [3.63, 3.8) is 0 Å². The minimum atomic E-state index is -0.960. The maximum absolute atomic E-state index is 14.9. The van der Waals surface area contributed by atoms with Gasteiger partial charge in [-0.1, -0.05) is 151 Å². The van der Waals surface area contributed by atoms with Crippen LogP contribution in [0.25, 0.3) is 0 Å². The van der Waals surface area contributed by atoms with Crippen LogP contribution in [0, 0.1) is 47.3 Å². The van der Waals surface area contributed by atoms with E-state index in [-0.39, 0.29) is 140 Å². The summed E-state index contributed by atoms with van der Waals surface area (Å²) in [6.07, 6.45) is 5.99. The van der Waals surface area contributed by atoms with Gasteiger partial charge in [0.15, 0.2) is 11.6 Å². The number of Topliss-reactive ketones (excluding diaryl/α,β-unsaturated/α-hetero) is 2. The molecule has 2 aromatic carbocycles. The number of primary amides is 1. The summed E-state index contributed by atoms with van der Waals surface area (Å²) >= 11 is 1.61. The van der Waals surface area contributed by atoms with Crippen LogP contribution in [-0.4, -0.2) is 177 Å². The third-order valence-corrected chi connectivity index (χ3v) is 22.3. The number of aliphatic hydroxyl groups excluding tert-OH is 1. The van der Waals surface area contributed by atoms with Gasteiger partial charge in [-0.2, -0.15) is 0 Å². The molecule has 4 unspecified atom stereocenters. The molecular formula is C77H123N9O14S. The number of urea groups is 1. The third-order valence-electron chi connectivity index (χ3n) is 20.6. The summed E-state index contributed by atoms with van der Waals surface area (Å²) in [6.45, 7) is 25.7. The summed E-state index contributed by atoms with van der Waals surface area (Å²) in [5, 5.41) is 22.2. The van der Waals surface area contributed by atoms with Gasteiger partial charge in [0.05, 0.1) is 48.0 Å². The van der Waals surface area contributed by atoms with Gasteiger partial charge in [-0.05, 0) is 111 Å². The van der Waals surface area contributed by atoms with E-state index in [1.165, 1.54) is 24.0 Å². The zero-order chi connectivity index (χ0) is 75.4. The molecular weight excluding hydrogens is 1310 g/mol. The normalized spacial score (nSPS) is 18.3. The molecule has 0 radical (unpaired) electrons. The highest BCUT2D eigenvalue weighted by Gasteiger charge is 2.44. The average Bonchev–Trinajstić information content (AvgIpc) is 1.80. The first kappa shape index (κ1) is 86.5. The molecule has 24 heteroatoms. The van der Waals surface area contributed by atoms with Gasteiger partial charge in [-0.3, -0.25) is 48.1 Å². The number of likely N-dealkylation sites (tertiary alicyclic amines) is 2. The van der Waals surface area contributed by atoms with Crippen molar-refractivity contribution in [2.75, 3.05) is 46.2 Å². The summed E-state index contributed by atoms with van der Waals surface area (Å²) < 4.78 is 11.9. The van der Waals surface area contributed by atoms with Crippen molar-refractivity contribution in [3.8, 4) is 0 Å². The standard InChI is InChI=1S/C77H123N9O14S/c1-17-20-32-58(19-3)101-64-45-67(91)86(75(64)96)40-26-22-25-34-65(89)82-68(48(6)7)61(87)42-56(31-27-39-79-76(78)97)73(94)81-57-37-35-54(36-38-57)46-100-77(98)84(15)69(49(8)9)62(88)43-59(47(4)5)74(95)83(14)70(50(10)18-2)63(99-16)44-66(90)85-41-28-33-60(85)51(11)52(12)72(93)80-53(13)71(92)55-29-23-21-24-30-55/h21,23-24,29-30,35-38,47-53,56,58-60,63-64,68-71,92H,17-20,22,25-28,31-34,39-46H2,1-16H3,(H,80,93)(H,81,94)(H,82,89)(H3,78,79,97)/t50-,51?,52+,53+,56?,58?,59-,60-,63+,64?,68-,69-,70-,71+/m0/s1. The molecule has 0 spiro atoms. The summed E-state index contributed by atoms with van der Waals surface area (Å²) in [5.74, 6) is -5.82. The summed E-state index contributed by atoms with van der Waals surface area (Å²) in [4.78, 5) is 156. The van der Waals surface area contributed by atoms with Crippen LogP contribution in [0.1, 0.15) is 216 Å². The lowest BCUT2D eigenvalue weighted by Gasteiger charge is -2.41. The lowest BCUT2D eigenvalue weighted by molar-refractivity contribution is -0.148. The van der Waals surface area contributed by atoms with Gasteiger partial charge in [-0.15, -0.1) is 11.8 Å². The summed E-state index contributed by atoms with van der Waals surface area (Å²) in [5.41, 5.74) is 6.95. The number of hydrogen-bond donors (Lipinski definition) is 6. The number of benzene rings is 2. The van der Waals surface area contributed by atoms with Crippen LogP contribution < -0.4 is 27.0 Å². The van der Waals surface area contributed by atoms with Crippen molar-refractivity contribution < 1.29 is 67.3 Å². The number of nitrogens with zero attached hydrogens (tertiary/aromatic N) is 4. The second-order valence-corrected chi connectivity index (χ2v) is 30.8. The molecule has 0 aliphatic carbocycles. The van der Waals surface area contributed by atoms with E-state index in [4.69, 9.17) is 15.2 Å². The number of carbonyl (C=O) groups excluding carboxylic acids is 11. The van der Waals surface area contributed by atoms with Crippen LogP contribution in [0.2, 0.25) is 0 Å². The van der Waals surface area contributed by atoms with Crippen molar-refractivity contribution in [2.45, 2.75) is 259 Å². The maximum atomic E-state index is 14.9. The Morgan fingerprint density at radius 1 is 0.743 bits per heavy atom. The first-order chi connectivity index (χ1) is 47.8. The van der Waals surface area contributed by atoms with E-state index in [0.29, 0.717) is 73.7 Å². The lowest BCUT2D eigenvalue weighted by atomic mass is 9.83. The van der Waals surface area contributed by atoms with E-state index in [2.05, 4.69) is 35.1 Å². The number of amides is 10. The number of nitrogens with two attached hydrogens (primary N) is 1. The molecule has 0 bridgehead atoms. The first-order valence-electron chi connectivity index (χ1n) is 37.1. The maximum Gasteiger partial charge on any atom is 0.410 e. The summed E-state index contributed by atoms with van der Waals surface area (Å²) in [7, 11) is 4.72. The van der Waals surface area contributed by atoms with E-state index >= 15 is 0 Å². The van der Waals surface area contributed by atoms with Gasteiger partial charge in [0, 0.05) is 101 Å². The number of carbonyl (C=O) groups is 11. The number of hydrogen-bond acceptors (Lipinski definition) is 15. The number of nitrogens with one attached hydrogen (secondary N) is 4. The number of anilines is 1. The van der Waals surface area contributed by atoms with Gasteiger partial charge in [0.1, 0.15) is 6.61 Å². The largest absolute Gasteiger partial charge is 0.445 e. The van der Waals surface area contributed by atoms with Crippen molar-refractivity contribution in [2.24, 2.45) is 53.1 Å². The number of ether oxygens (including phenoxy) is 2. The molecule has 2 saturated heterocycles. The molecule has 0 saturated carbocycles. The quantitative estimate of drug-likeness (QED) is 0.0265. The van der Waals surface area contributed by atoms with E-state index in [9.17, 15) is 57.8 Å². The fourth-order valence-corrected chi connectivity index (χ4v) is 15.5. The van der Waals surface area contributed by atoms with Crippen molar-refractivity contribution in [1.82, 2.24) is 35.6 Å². The fourth-order valence-electron chi connectivity index (χ4n) is 14.0. The third kappa shape index (κ3) is 26.4. The number of imide groups is 1. The van der Waals surface area contributed by atoms with Gasteiger partial charge in [-0.25, -0.2) is 9.59 Å². The van der Waals surface area contributed by atoms with E-state index in [1.54, 1.807) is 54.9 Å². The topological polar surface area (TPSA) is 314 Å². The Morgan fingerprint density at radius 3 is 2.01 bits per heavy atom. The molecule has 4 rings (SSSR count).